The third-order valence-corrected chi connectivity index (χ3v) is 3.88. The van der Waals surface area contributed by atoms with Crippen LogP contribution in [-0.2, 0) is 6.54 Å². The maximum atomic E-state index is 11.8. The van der Waals surface area contributed by atoms with E-state index in [2.05, 4.69) is 10.3 Å². The Morgan fingerprint density at radius 1 is 1.45 bits per heavy atom. The van der Waals surface area contributed by atoms with E-state index >= 15 is 0 Å². The summed E-state index contributed by atoms with van der Waals surface area (Å²) in [5.41, 5.74) is 5.13. The normalized spacial score (nSPS) is 22.7. The second-order valence-corrected chi connectivity index (χ2v) is 5.33. The Kier molecular flexibility index (Phi) is 4.49. The lowest BCUT2D eigenvalue weighted by Crippen LogP contribution is -2.35. The number of hydrogen-bond acceptors (Lipinski definition) is 5. The molecule has 20 heavy (non-hydrogen) atoms. The summed E-state index contributed by atoms with van der Waals surface area (Å²) >= 11 is 0. The average molecular weight is 282 g/mol. The molecule has 2 atom stereocenters. The number of nitrogen functional groups attached to an aromatic ring is 1. The second kappa shape index (κ2) is 6.13. The summed E-state index contributed by atoms with van der Waals surface area (Å²) in [7, 11) is 0. The van der Waals surface area contributed by atoms with Crippen molar-refractivity contribution in [3.05, 3.63) is 20.8 Å². The van der Waals surface area contributed by atoms with Gasteiger partial charge >= 0.3 is 5.69 Å². The van der Waals surface area contributed by atoms with Gasteiger partial charge in [0.2, 0.25) is 0 Å². The number of hydrogen-bond donors (Lipinski definition) is 4. The van der Waals surface area contributed by atoms with Crippen molar-refractivity contribution in [3.8, 4) is 0 Å². The molecule has 2 rings (SSSR count). The maximum absolute atomic E-state index is 11.8. The lowest BCUT2D eigenvalue weighted by molar-refractivity contribution is 0.105. The molecular weight excluding hydrogens is 260 g/mol. The van der Waals surface area contributed by atoms with E-state index in [9.17, 15) is 14.7 Å². The van der Waals surface area contributed by atoms with Crippen LogP contribution in [0.2, 0.25) is 0 Å². The molecule has 1 aromatic rings. The van der Waals surface area contributed by atoms with Crippen molar-refractivity contribution in [2.45, 2.75) is 45.3 Å². The van der Waals surface area contributed by atoms with Crippen LogP contribution in [0, 0.1) is 5.92 Å². The molecule has 1 heterocycles. The molecule has 7 heteroatoms. The molecule has 1 fully saturated rings. The molecule has 0 aromatic carbocycles. The van der Waals surface area contributed by atoms with Crippen LogP contribution in [0.4, 0.5) is 11.5 Å². The Morgan fingerprint density at radius 3 is 2.85 bits per heavy atom. The van der Waals surface area contributed by atoms with Crippen LogP contribution in [-0.4, -0.2) is 27.3 Å². The molecule has 1 saturated carbocycles. The highest BCUT2D eigenvalue weighted by Crippen LogP contribution is 2.24. The van der Waals surface area contributed by atoms with Crippen molar-refractivity contribution in [2.75, 3.05) is 17.6 Å². The second-order valence-electron chi connectivity index (χ2n) is 5.33. The van der Waals surface area contributed by atoms with E-state index in [1.807, 2.05) is 0 Å². The van der Waals surface area contributed by atoms with Gasteiger partial charge in [-0.15, -0.1) is 0 Å². The highest BCUT2D eigenvalue weighted by Gasteiger charge is 2.21. The third kappa shape index (κ3) is 3.04. The SMILES string of the molecule is CCn1c(N)c(NCC2CCCC(O)C2)c(=O)[nH]c1=O. The summed E-state index contributed by atoms with van der Waals surface area (Å²) in [5, 5.41) is 12.7. The van der Waals surface area contributed by atoms with E-state index in [0.29, 0.717) is 19.0 Å². The number of H-pyrrole nitrogens is 1. The summed E-state index contributed by atoms with van der Waals surface area (Å²) in [6, 6.07) is 0. The fourth-order valence-electron chi connectivity index (χ4n) is 2.77. The maximum Gasteiger partial charge on any atom is 0.330 e. The van der Waals surface area contributed by atoms with Crippen LogP contribution < -0.4 is 22.3 Å². The first-order valence-electron chi connectivity index (χ1n) is 7.07. The molecule has 2 unspecified atom stereocenters. The van der Waals surface area contributed by atoms with Crippen molar-refractivity contribution in [1.82, 2.24) is 9.55 Å². The van der Waals surface area contributed by atoms with Crippen LogP contribution in [0.25, 0.3) is 0 Å². The molecule has 1 aliphatic carbocycles. The van der Waals surface area contributed by atoms with Gasteiger partial charge in [0.1, 0.15) is 11.5 Å². The first-order valence-corrected chi connectivity index (χ1v) is 7.07. The third-order valence-electron chi connectivity index (χ3n) is 3.88. The predicted octanol–water partition coefficient (Wildman–Crippen LogP) is 0.102. The number of aliphatic hydroxyl groups is 1. The van der Waals surface area contributed by atoms with Crippen molar-refractivity contribution >= 4 is 11.5 Å². The van der Waals surface area contributed by atoms with Gasteiger partial charge < -0.3 is 16.2 Å². The van der Waals surface area contributed by atoms with Gasteiger partial charge in [0.05, 0.1) is 6.10 Å². The first-order chi connectivity index (χ1) is 9.52. The molecule has 1 aromatic heterocycles. The van der Waals surface area contributed by atoms with E-state index in [1.165, 1.54) is 4.57 Å². The molecule has 0 radical (unpaired) electrons. The number of anilines is 2. The van der Waals surface area contributed by atoms with Crippen LogP contribution in [0.5, 0.6) is 0 Å². The van der Waals surface area contributed by atoms with Gasteiger partial charge in [-0.25, -0.2) is 4.79 Å². The molecule has 0 aliphatic heterocycles. The van der Waals surface area contributed by atoms with E-state index in [0.717, 1.165) is 25.7 Å². The highest BCUT2D eigenvalue weighted by atomic mass is 16.3. The molecule has 0 bridgehead atoms. The van der Waals surface area contributed by atoms with Gasteiger partial charge in [-0.1, -0.05) is 6.42 Å². The number of aliphatic hydroxyl groups excluding tert-OH is 1. The summed E-state index contributed by atoms with van der Waals surface area (Å²) in [6.07, 6.45) is 3.34. The van der Waals surface area contributed by atoms with Crippen LogP contribution in [0.15, 0.2) is 9.59 Å². The first kappa shape index (κ1) is 14.6. The minimum Gasteiger partial charge on any atom is -0.393 e. The van der Waals surface area contributed by atoms with Crippen molar-refractivity contribution < 1.29 is 5.11 Å². The minimum absolute atomic E-state index is 0.164. The van der Waals surface area contributed by atoms with E-state index < -0.39 is 11.2 Å². The molecule has 0 saturated heterocycles. The number of rotatable bonds is 4. The van der Waals surface area contributed by atoms with Gasteiger partial charge in [0, 0.05) is 13.1 Å². The monoisotopic (exact) mass is 282 g/mol. The summed E-state index contributed by atoms with van der Waals surface area (Å²) in [6.45, 7) is 2.77. The topological polar surface area (TPSA) is 113 Å². The van der Waals surface area contributed by atoms with E-state index in [4.69, 9.17) is 5.73 Å². The predicted molar refractivity (Wildman–Crippen MR) is 77.9 cm³/mol. The Labute approximate surface area is 116 Å². The lowest BCUT2D eigenvalue weighted by atomic mass is 9.87. The van der Waals surface area contributed by atoms with Crippen LogP contribution >= 0.6 is 0 Å². The van der Waals surface area contributed by atoms with Gasteiger partial charge in [0.25, 0.3) is 5.56 Å². The zero-order valence-electron chi connectivity index (χ0n) is 11.7. The lowest BCUT2D eigenvalue weighted by Gasteiger charge is -2.26. The summed E-state index contributed by atoms with van der Waals surface area (Å²) in [4.78, 5) is 25.6. The number of nitrogens with two attached hydrogens (primary N) is 1. The molecule has 5 N–H and O–H groups in total. The summed E-state index contributed by atoms with van der Waals surface area (Å²) in [5.74, 6) is 0.483. The Morgan fingerprint density at radius 2 is 2.20 bits per heavy atom. The zero-order valence-corrected chi connectivity index (χ0v) is 11.7. The van der Waals surface area contributed by atoms with Crippen molar-refractivity contribution in [3.63, 3.8) is 0 Å². The largest absolute Gasteiger partial charge is 0.393 e. The van der Waals surface area contributed by atoms with Crippen LogP contribution in [0.3, 0.4) is 0 Å². The number of nitrogens with zero attached hydrogens (tertiary/aromatic N) is 1. The molecular formula is C13H22N4O3. The Balaban J connectivity index is 2.13. The van der Waals surface area contributed by atoms with Gasteiger partial charge in [-0.2, -0.15) is 0 Å². The Bertz CT molecular complexity index is 578. The van der Waals surface area contributed by atoms with Gasteiger partial charge in [-0.3, -0.25) is 14.3 Å². The van der Waals surface area contributed by atoms with Gasteiger partial charge in [-0.05, 0) is 32.1 Å². The smallest absolute Gasteiger partial charge is 0.330 e. The highest BCUT2D eigenvalue weighted by molar-refractivity contribution is 5.60. The van der Waals surface area contributed by atoms with Crippen molar-refractivity contribution in [1.29, 1.82) is 0 Å². The summed E-state index contributed by atoms with van der Waals surface area (Å²) < 4.78 is 1.32. The standard InChI is InChI=1S/C13H22N4O3/c1-2-17-11(14)10(12(19)16-13(17)20)15-7-8-4-3-5-9(18)6-8/h8-9,15,18H,2-7,14H2,1H3,(H,16,19,20). The quantitative estimate of drug-likeness (QED) is 0.625. The van der Waals surface area contributed by atoms with E-state index in [-0.39, 0.29) is 17.6 Å². The molecule has 112 valence electrons. The number of aromatic nitrogens is 2. The zero-order chi connectivity index (χ0) is 14.7. The minimum atomic E-state index is -0.492. The Hall–Kier alpha value is -1.76. The van der Waals surface area contributed by atoms with Crippen LogP contribution in [0.1, 0.15) is 32.6 Å². The average Bonchev–Trinajstić information content (AvgIpc) is 2.38. The van der Waals surface area contributed by atoms with Gasteiger partial charge in [0.15, 0.2) is 0 Å². The number of nitrogens with one attached hydrogen (secondary N) is 2. The number of aromatic amines is 1. The fourth-order valence-corrected chi connectivity index (χ4v) is 2.77. The molecule has 0 amide bonds. The van der Waals surface area contributed by atoms with E-state index in [1.54, 1.807) is 6.92 Å². The molecule has 1 aliphatic rings. The van der Waals surface area contributed by atoms with Crippen molar-refractivity contribution in [2.24, 2.45) is 5.92 Å². The fraction of sp³-hybridized carbons (Fsp3) is 0.692. The molecule has 7 nitrogen and oxygen atoms in total. The molecule has 0 spiro atoms.